The van der Waals surface area contributed by atoms with Crippen molar-refractivity contribution in [1.29, 1.82) is 0 Å². The number of hydrogen-bond donors (Lipinski definition) is 1. The summed E-state index contributed by atoms with van der Waals surface area (Å²) in [6.07, 6.45) is 16.6. The molecular weight excluding hydrogens is 334 g/mol. The van der Waals surface area contributed by atoms with Gasteiger partial charge in [0.2, 0.25) is 11.7 Å². The van der Waals surface area contributed by atoms with Gasteiger partial charge in [-0.25, -0.2) is 0 Å². The van der Waals surface area contributed by atoms with Gasteiger partial charge in [-0.2, -0.15) is 4.98 Å². The van der Waals surface area contributed by atoms with Gasteiger partial charge in [0, 0.05) is 5.56 Å². The highest BCUT2D eigenvalue weighted by Gasteiger charge is 2.07. The SMILES string of the molecule is CCCCCCCCCCCCCCNCc1nc(-c2ccccc2)no1. The number of rotatable bonds is 16. The summed E-state index contributed by atoms with van der Waals surface area (Å²) in [4.78, 5) is 4.44. The van der Waals surface area contributed by atoms with Crippen LogP contribution in [0.3, 0.4) is 0 Å². The summed E-state index contributed by atoms with van der Waals surface area (Å²) >= 11 is 0. The molecule has 0 bridgehead atoms. The van der Waals surface area contributed by atoms with Crippen molar-refractivity contribution in [3.05, 3.63) is 36.2 Å². The average molecular weight is 372 g/mol. The van der Waals surface area contributed by atoms with E-state index in [1.54, 1.807) is 0 Å². The van der Waals surface area contributed by atoms with E-state index < -0.39 is 0 Å². The van der Waals surface area contributed by atoms with Crippen molar-refractivity contribution in [2.45, 2.75) is 90.5 Å². The highest BCUT2D eigenvalue weighted by Crippen LogP contribution is 2.15. The van der Waals surface area contributed by atoms with Crippen LogP contribution in [0.5, 0.6) is 0 Å². The van der Waals surface area contributed by atoms with Crippen LogP contribution >= 0.6 is 0 Å². The predicted octanol–water partition coefficient (Wildman–Crippen LogP) is 6.53. The molecule has 2 aromatic rings. The summed E-state index contributed by atoms with van der Waals surface area (Å²) in [7, 11) is 0. The van der Waals surface area contributed by atoms with E-state index in [1.807, 2.05) is 30.3 Å². The second kappa shape index (κ2) is 14.4. The quantitative estimate of drug-likeness (QED) is 0.341. The van der Waals surface area contributed by atoms with Crippen molar-refractivity contribution >= 4 is 0 Å². The maximum Gasteiger partial charge on any atom is 0.240 e. The molecule has 0 fully saturated rings. The Morgan fingerprint density at radius 1 is 0.778 bits per heavy atom. The van der Waals surface area contributed by atoms with Crippen molar-refractivity contribution in [1.82, 2.24) is 15.5 Å². The largest absolute Gasteiger partial charge is 0.338 e. The minimum atomic E-state index is 0.651. The fraction of sp³-hybridized carbons (Fsp3) is 0.652. The van der Waals surface area contributed by atoms with Crippen LogP contribution in [0.2, 0.25) is 0 Å². The molecule has 4 heteroatoms. The van der Waals surface area contributed by atoms with Crippen molar-refractivity contribution < 1.29 is 4.52 Å². The molecule has 0 aliphatic carbocycles. The summed E-state index contributed by atoms with van der Waals surface area (Å²) in [6, 6.07) is 9.94. The third-order valence-corrected chi connectivity index (χ3v) is 4.98. The first kappa shape index (κ1) is 21.6. The molecular formula is C23H37N3O. The van der Waals surface area contributed by atoms with Crippen LogP contribution in [0, 0.1) is 0 Å². The minimum Gasteiger partial charge on any atom is -0.338 e. The molecule has 1 N–H and O–H groups in total. The van der Waals surface area contributed by atoms with Gasteiger partial charge in [-0.05, 0) is 13.0 Å². The predicted molar refractivity (Wildman–Crippen MR) is 113 cm³/mol. The first-order valence-electron chi connectivity index (χ1n) is 11.0. The van der Waals surface area contributed by atoms with Gasteiger partial charge in [0.1, 0.15) is 0 Å². The molecule has 0 unspecified atom stereocenters. The van der Waals surface area contributed by atoms with E-state index in [1.165, 1.54) is 77.0 Å². The summed E-state index contributed by atoms with van der Waals surface area (Å²) < 4.78 is 5.31. The molecule has 1 aromatic carbocycles. The summed E-state index contributed by atoms with van der Waals surface area (Å²) in [5.74, 6) is 1.32. The van der Waals surface area contributed by atoms with Crippen LogP contribution in [0.4, 0.5) is 0 Å². The Kier molecular flexibility index (Phi) is 11.5. The number of benzene rings is 1. The van der Waals surface area contributed by atoms with Gasteiger partial charge in [-0.1, -0.05) is 113 Å². The molecule has 0 radical (unpaired) electrons. The number of nitrogens with one attached hydrogen (secondary N) is 1. The fourth-order valence-electron chi connectivity index (χ4n) is 3.32. The zero-order valence-corrected chi connectivity index (χ0v) is 17.1. The monoisotopic (exact) mass is 371 g/mol. The van der Waals surface area contributed by atoms with Gasteiger partial charge >= 0.3 is 0 Å². The van der Waals surface area contributed by atoms with Crippen LogP contribution in [0.15, 0.2) is 34.9 Å². The van der Waals surface area contributed by atoms with E-state index in [-0.39, 0.29) is 0 Å². The summed E-state index contributed by atoms with van der Waals surface area (Å²) in [5, 5.41) is 7.45. The molecule has 27 heavy (non-hydrogen) atoms. The second-order valence-electron chi connectivity index (χ2n) is 7.44. The number of hydrogen-bond acceptors (Lipinski definition) is 4. The van der Waals surface area contributed by atoms with Gasteiger partial charge < -0.3 is 9.84 Å². The first-order valence-corrected chi connectivity index (χ1v) is 11.0. The zero-order valence-electron chi connectivity index (χ0n) is 17.1. The Labute approximate surface area is 165 Å². The Balaban J connectivity index is 1.39. The molecule has 0 amide bonds. The number of aromatic nitrogens is 2. The zero-order chi connectivity index (χ0) is 19.0. The molecule has 0 saturated carbocycles. The summed E-state index contributed by atoms with van der Waals surface area (Å²) in [5.41, 5.74) is 0.994. The lowest BCUT2D eigenvalue weighted by atomic mass is 10.1. The smallest absolute Gasteiger partial charge is 0.240 e. The lowest BCUT2D eigenvalue weighted by molar-refractivity contribution is 0.367. The third kappa shape index (κ3) is 9.71. The molecule has 2 rings (SSSR count). The van der Waals surface area contributed by atoms with Gasteiger partial charge in [-0.15, -0.1) is 0 Å². The molecule has 1 aromatic heterocycles. The van der Waals surface area contributed by atoms with E-state index in [0.29, 0.717) is 18.3 Å². The van der Waals surface area contributed by atoms with E-state index in [2.05, 4.69) is 22.4 Å². The van der Waals surface area contributed by atoms with E-state index in [4.69, 9.17) is 4.52 Å². The highest BCUT2D eigenvalue weighted by molar-refractivity contribution is 5.53. The van der Waals surface area contributed by atoms with Crippen molar-refractivity contribution in [3.63, 3.8) is 0 Å². The van der Waals surface area contributed by atoms with Gasteiger partial charge in [0.15, 0.2) is 0 Å². The third-order valence-electron chi connectivity index (χ3n) is 4.98. The molecule has 150 valence electrons. The lowest BCUT2D eigenvalue weighted by Gasteiger charge is -2.03. The van der Waals surface area contributed by atoms with E-state index in [9.17, 15) is 0 Å². The normalized spacial score (nSPS) is 11.1. The van der Waals surface area contributed by atoms with Crippen LogP contribution in [-0.4, -0.2) is 16.7 Å². The lowest BCUT2D eigenvalue weighted by Crippen LogP contribution is -2.14. The van der Waals surface area contributed by atoms with Crippen LogP contribution < -0.4 is 5.32 Å². The molecule has 4 nitrogen and oxygen atoms in total. The number of nitrogens with zero attached hydrogens (tertiary/aromatic N) is 2. The van der Waals surface area contributed by atoms with Crippen molar-refractivity contribution in [2.24, 2.45) is 0 Å². The molecule has 0 atom stereocenters. The Hall–Kier alpha value is -1.68. The number of unbranched alkanes of at least 4 members (excludes halogenated alkanes) is 11. The first-order chi connectivity index (χ1) is 13.4. The maximum atomic E-state index is 5.31. The highest BCUT2D eigenvalue weighted by atomic mass is 16.5. The Morgan fingerprint density at radius 2 is 1.37 bits per heavy atom. The van der Waals surface area contributed by atoms with E-state index in [0.717, 1.165) is 12.1 Å². The van der Waals surface area contributed by atoms with Gasteiger partial charge in [0.25, 0.3) is 0 Å². The van der Waals surface area contributed by atoms with Crippen molar-refractivity contribution in [3.8, 4) is 11.4 Å². The minimum absolute atomic E-state index is 0.651. The Bertz CT molecular complexity index is 582. The van der Waals surface area contributed by atoms with Crippen LogP contribution in [0.25, 0.3) is 11.4 Å². The van der Waals surface area contributed by atoms with E-state index >= 15 is 0 Å². The molecule has 1 heterocycles. The van der Waals surface area contributed by atoms with Crippen LogP contribution in [-0.2, 0) is 6.54 Å². The second-order valence-corrected chi connectivity index (χ2v) is 7.44. The standard InChI is InChI=1S/C23H37N3O/c1-2-3-4-5-6-7-8-9-10-11-12-16-19-24-20-22-25-23(26-27-22)21-17-14-13-15-18-21/h13-15,17-18,24H,2-12,16,19-20H2,1H3. The Morgan fingerprint density at radius 3 is 2.00 bits per heavy atom. The topological polar surface area (TPSA) is 51.0 Å². The van der Waals surface area contributed by atoms with Crippen molar-refractivity contribution in [2.75, 3.05) is 6.54 Å². The summed E-state index contributed by atoms with van der Waals surface area (Å²) in [6.45, 7) is 3.95. The average Bonchev–Trinajstić information content (AvgIpc) is 3.18. The van der Waals surface area contributed by atoms with Crippen LogP contribution in [0.1, 0.15) is 89.9 Å². The maximum absolute atomic E-state index is 5.31. The fourth-order valence-corrected chi connectivity index (χ4v) is 3.32. The van der Waals surface area contributed by atoms with Gasteiger partial charge in [-0.3, -0.25) is 0 Å². The molecule has 0 saturated heterocycles. The van der Waals surface area contributed by atoms with Gasteiger partial charge in [0.05, 0.1) is 6.54 Å². The molecule has 0 spiro atoms. The molecule has 0 aliphatic rings. The molecule has 0 aliphatic heterocycles.